The smallest absolute Gasteiger partial charge is 0.0137 e. The molecule has 0 aromatic rings. The maximum absolute atomic E-state index is 4.07. The lowest BCUT2D eigenvalue weighted by Gasteiger charge is -1.91. The van der Waals surface area contributed by atoms with Crippen LogP contribution in [-0.4, -0.2) is 0 Å². The lowest BCUT2D eigenvalue weighted by atomic mass is 10.1. The van der Waals surface area contributed by atoms with Crippen molar-refractivity contribution in [2.24, 2.45) is 11.8 Å². The third kappa shape index (κ3) is 1.42. The monoisotopic (exact) mass is 138 g/mol. The summed E-state index contributed by atoms with van der Waals surface area (Å²) >= 11 is 0. The largest absolute Gasteiger partial charge is 0.0993 e. The second-order valence-corrected chi connectivity index (χ2v) is 3.37. The fourth-order valence-electron chi connectivity index (χ4n) is 1.84. The molecule has 1 aliphatic rings. The molecule has 58 valence electrons. The number of rotatable bonds is 4. The second kappa shape index (κ2) is 3.23. The standard InChI is InChI=1S/C10H18/c1-4-6-9-8(3)10(9)7-5-2/h9-10H,3-7H2,1-2H3/t9-,10-/m1/s1. The molecule has 0 aromatic carbocycles. The van der Waals surface area contributed by atoms with Crippen molar-refractivity contribution in [3.8, 4) is 0 Å². The van der Waals surface area contributed by atoms with Crippen LogP contribution in [0.2, 0.25) is 0 Å². The van der Waals surface area contributed by atoms with Crippen molar-refractivity contribution in [3.05, 3.63) is 12.2 Å². The van der Waals surface area contributed by atoms with Gasteiger partial charge in [-0.25, -0.2) is 0 Å². The number of allylic oxidation sites excluding steroid dienone is 1. The van der Waals surface area contributed by atoms with E-state index < -0.39 is 0 Å². The highest BCUT2D eigenvalue weighted by Gasteiger charge is 2.39. The molecule has 0 aromatic heterocycles. The van der Waals surface area contributed by atoms with Crippen molar-refractivity contribution in [1.82, 2.24) is 0 Å². The van der Waals surface area contributed by atoms with E-state index in [4.69, 9.17) is 0 Å². The minimum atomic E-state index is 0.907. The third-order valence-electron chi connectivity index (χ3n) is 2.53. The van der Waals surface area contributed by atoms with Crippen LogP contribution in [0.3, 0.4) is 0 Å². The van der Waals surface area contributed by atoms with Crippen LogP contribution in [0.25, 0.3) is 0 Å². The van der Waals surface area contributed by atoms with Gasteiger partial charge in [0.15, 0.2) is 0 Å². The molecule has 0 radical (unpaired) electrons. The van der Waals surface area contributed by atoms with Gasteiger partial charge in [-0.15, -0.1) is 0 Å². The lowest BCUT2D eigenvalue weighted by Crippen LogP contribution is -1.80. The first-order chi connectivity index (χ1) is 4.81. The predicted molar refractivity (Wildman–Crippen MR) is 45.9 cm³/mol. The Morgan fingerprint density at radius 3 is 1.80 bits per heavy atom. The summed E-state index contributed by atoms with van der Waals surface area (Å²) in [5.41, 5.74) is 1.53. The van der Waals surface area contributed by atoms with E-state index in [1.807, 2.05) is 0 Å². The molecule has 0 aliphatic heterocycles. The fraction of sp³-hybridized carbons (Fsp3) is 0.800. The van der Waals surface area contributed by atoms with Crippen LogP contribution in [0.15, 0.2) is 12.2 Å². The summed E-state index contributed by atoms with van der Waals surface area (Å²) in [7, 11) is 0. The molecule has 1 rings (SSSR count). The van der Waals surface area contributed by atoms with Gasteiger partial charge in [0.2, 0.25) is 0 Å². The van der Waals surface area contributed by atoms with Gasteiger partial charge < -0.3 is 0 Å². The molecule has 0 spiro atoms. The number of hydrogen-bond acceptors (Lipinski definition) is 0. The average Bonchev–Trinajstić information content (AvgIpc) is 2.48. The maximum atomic E-state index is 4.07. The van der Waals surface area contributed by atoms with Gasteiger partial charge in [-0.3, -0.25) is 0 Å². The lowest BCUT2D eigenvalue weighted by molar-refractivity contribution is 0.593. The molecule has 0 heterocycles. The SMILES string of the molecule is C=C1[C@@H](CCC)[C@@H]1CCC. The first-order valence-corrected chi connectivity index (χ1v) is 4.49. The van der Waals surface area contributed by atoms with Crippen LogP contribution < -0.4 is 0 Å². The molecule has 0 N–H and O–H groups in total. The van der Waals surface area contributed by atoms with E-state index in [-0.39, 0.29) is 0 Å². The van der Waals surface area contributed by atoms with Crippen molar-refractivity contribution < 1.29 is 0 Å². The van der Waals surface area contributed by atoms with E-state index in [1.165, 1.54) is 31.3 Å². The Labute approximate surface area is 64.3 Å². The minimum absolute atomic E-state index is 0.907. The van der Waals surface area contributed by atoms with Gasteiger partial charge in [0.1, 0.15) is 0 Å². The second-order valence-electron chi connectivity index (χ2n) is 3.37. The average molecular weight is 138 g/mol. The van der Waals surface area contributed by atoms with E-state index in [0.29, 0.717) is 0 Å². The predicted octanol–water partition coefficient (Wildman–Crippen LogP) is 3.39. The Bertz CT molecular complexity index is 110. The van der Waals surface area contributed by atoms with Crippen LogP contribution in [0.5, 0.6) is 0 Å². The third-order valence-corrected chi connectivity index (χ3v) is 2.53. The van der Waals surface area contributed by atoms with Crippen molar-refractivity contribution in [2.45, 2.75) is 39.5 Å². The molecule has 0 saturated heterocycles. The van der Waals surface area contributed by atoms with Gasteiger partial charge in [-0.1, -0.05) is 38.8 Å². The summed E-state index contributed by atoms with van der Waals surface area (Å²) in [5, 5.41) is 0. The zero-order valence-electron chi connectivity index (χ0n) is 7.19. The van der Waals surface area contributed by atoms with Crippen LogP contribution in [-0.2, 0) is 0 Å². The Kier molecular flexibility index (Phi) is 2.53. The normalized spacial score (nSPS) is 30.8. The molecule has 1 fully saturated rings. The van der Waals surface area contributed by atoms with Gasteiger partial charge in [0.25, 0.3) is 0 Å². The van der Waals surface area contributed by atoms with Crippen LogP contribution >= 0.6 is 0 Å². The molecule has 0 heteroatoms. The summed E-state index contributed by atoms with van der Waals surface area (Å²) in [6.45, 7) is 8.58. The van der Waals surface area contributed by atoms with Gasteiger partial charge in [0, 0.05) is 0 Å². The fourth-order valence-corrected chi connectivity index (χ4v) is 1.84. The number of hydrogen-bond donors (Lipinski definition) is 0. The highest BCUT2D eigenvalue weighted by atomic mass is 14.4. The van der Waals surface area contributed by atoms with Crippen LogP contribution in [0.1, 0.15) is 39.5 Å². The Hall–Kier alpha value is -0.260. The van der Waals surface area contributed by atoms with E-state index in [0.717, 1.165) is 11.8 Å². The molecular weight excluding hydrogens is 120 g/mol. The highest BCUT2D eigenvalue weighted by Crippen LogP contribution is 2.49. The molecular formula is C10H18. The highest BCUT2D eigenvalue weighted by molar-refractivity contribution is 5.25. The van der Waals surface area contributed by atoms with Gasteiger partial charge in [0.05, 0.1) is 0 Å². The molecule has 1 aliphatic carbocycles. The molecule has 0 bridgehead atoms. The molecule has 0 nitrogen and oxygen atoms in total. The van der Waals surface area contributed by atoms with Crippen molar-refractivity contribution >= 4 is 0 Å². The molecule has 10 heavy (non-hydrogen) atoms. The Morgan fingerprint density at radius 1 is 1.10 bits per heavy atom. The van der Waals surface area contributed by atoms with Gasteiger partial charge in [-0.05, 0) is 24.7 Å². The Morgan fingerprint density at radius 2 is 1.50 bits per heavy atom. The molecule has 0 amide bonds. The van der Waals surface area contributed by atoms with E-state index in [1.54, 1.807) is 0 Å². The van der Waals surface area contributed by atoms with Crippen molar-refractivity contribution in [3.63, 3.8) is 0 Å². The van der Waals surface area contributed by atoms with E-state index in [2.05, 4.69) is 20.4 Å². The van der Waals surface area contributed by atoms with Crippen LogP contribution in [0, 0.1) is 11.8 Å². The first-order valence-electron chi connectivity index (χ1n) is 4.49. The van der Waals surface area contributed by atoms with E-state index in [9.17, 15) is 0 Å². The van der Waals surface area contributed by atoms with Gasteiger partial charge in [-0.2, -0.15) is 0 Å². The van der Waals surface area contributed by atoms with Gasteiger partial charge >= 0.3 is 0 Å². The first kappa shape index (κ1) is 7.84. The Balaban J connectivity index is 2.20. The van der Waals surface area contributed by atoms with Crippen LogP contribution in [0.4, 0.5) is 0 Å². The quantitative estimate of drug-likeness (QED) is 0.522. The molecule has 0 unspecified atom stereocenters. The topological polar surface area (TPSA) is 0 Å². The summed E-state index contributed by atoms with van der Waals surface area (Å²) in [6, 6.07) is 0. The zero-order chi connectivity index (χ0) is 7.56. The summed E-state index contributed by atoms with van der Waals surface area (Å²) in [5.74, 6) is 1.81. The summed E-state index contributed by atoms with van der Waals surface area (Å²) in [4.78, 5) is 0. The minimum Gasteiger partial charge on any atom is -0.0993 e. The summed E-state index contributed by atoms with van der Waals surface area (Å²) in [6.07, 6.45) is 5.40. The van der Waals surface area contributed by atoms with E-state index >= 15 is 0 Å². The molecule has 2 atom stereocenters. The zero-order valence-corrected chi connectivity index (χ0v) is 7.19. The molecule has 1 saturated carbocycles. The summed E-state index contributed by atoms with van der Waals surface area (Å²) < 4.78 is 0. The van der Waals surface area contributed by atoms with Crippen molar-refractivity contribution in [1.29, 1.82) is 0 Å². The maximum Gasteiger partial charge on any atom is -0.0137 e. The van der Waals surface area contributed by atoms with Crippen molar-refractivity contribution in [2.75, 3.05) is 0 Å².